The van der Waals surface area contributed by atoms with E-state index in [2.05, 4.69) is 4.98 Å². The van der Waals surface area contributed by atoms with Crippen LogP contribution in [0.4, 0.5) is 0 Å². The standard InChI is InChI=1S/C14H14ClNO2/c15-12-3-1-2-9-11(7-16-14(9)12)10(6-13(17)18)8-4-5-8/h1-3,7-8,10,16H,4-6H2,(H,17,18). The van der Waals surface area contributed by atoms with E-state index in [4.69, 9.17) is 16.7 Å². The lowest BCUT2D eigenvalue weighted by Crippen LogP contribution is -2.07. The molecule has 0 bridgehead atoms. The van der Waals surface area contributed by atoms with Crippen molar-refractivity contribution in [3.8, 4) is 0 Å². The molecular weight excluding hydrogens is 250 g/mol. The van der Waals surface area contributed by atoms with Gasteiger partial charge in [-0.1, -0.05) is 23.7 Å². The van der Waals surface area contributed by atoms with Crippen LogP contribution < -0.4 is 0 Å². The molecule has 1 aromatic heterocycles. The number of aliphatic carboxylic acids is 1. The van der Waals surface area contributed by atoms with Crippen LogP contribution in [-0.4, -0.2) is 16.1 Å². The van der Waals surface area contributed by atoms with Crippen molar-refractivity contribution in [1.82, 2.24) is 4.98 Å². The van der Waals surface area contributed by atoms with Gasteiger partial charge in [0.2, 0.25) is 0 Å². The lowest BCUT2D eigenvalue weighted by Gasteiger charge is -2.13. The zero-order valence-corrected chi connectivity index (χ0v) is 10.6. The number of nitrogens with one attached hydrogen (secondary N) is 1. The Hall–Kier alpha value is -1.48. The molecule has 1 atom stereocenters. The summed E-state index contributed by atoms with van der Waals surface area (Å²) in [5.41, 5.74) is 2.00. The number of fused-ring (bicyclic) bond motifs is 1. The largest absolute Gasteiger partial charge is 0.481 e. The first-order chi connectivity index (χ1) is 8.66. The Balaban J connectivity index is 2.06. The first kappa shape index (κ1) is 11.6. The fourth-order valence-corrected chi connectivity index (χ4v) is 2.89. The van der Waals surface area contributed by atoms with Gasteiger partial charge in [0.25, 0.3) is 0 Å². The normalized spacial score (nSPS) is 16.9. The van der Waals surface area contributed by atoms with Crippen LogP contribution in [0.25, 0.3) is 10.9 Å². The lowest BCUT2D eigenvalue weighted by atomic mass is 9.91. The molecule has 0 amide bonds. The maximum Gasteiger partial charge on any atom is 0.303 e. The van der Waals surface area contributed by atoms with Crippen LogP contribution in [-0.2, 0) is 4.79 Å². The highest BCUT2D eigenvalue weighted by Crippen LogP contribution is 2.46. The number of H-pyrrole nitrogens is 1. The molecule has 0 saturated heterocycles. The number of halogens is 1. The monoisotopic (exact) mass is 263 g/mol. The van der Waals surface area contributed by atoms with Gasteiger partial charge in [-0.15, -0.1) is 0 Å². The summed E-state index contributed by atoms with van der Waals surface area (Å²) in [7, 11) is 0. The van der Waals surface area contributed by atoms with Crippen LogP contribution in [0.15, 0.2) is 24.4 Å². The minimum absolute atomic E-state index is 0.106. The maximum absolute atomic E-state index is 11.0. The van der Waals surface area contributed by atoms with E-state index < -0.39 is 5.97 Å². The summed E-state index contributed by atoms with van der Waals surface area (Å²) >= 11 is 6.13. The Labute approximate surface area is 110 Å². The SMILES string of the molecule is O=C(O)CC(c1c[nH]c2c(Cl)cccc12)C1CC1. The highest BCUT2D eigenvalue weighted by molar-refractivity contribution is 6.35. The first-order valence-corrected chi connectivity index (χ1v) is 6.52. The third kappa shape index (κ3) is 1.99. The molecule has 1 saturated carbocycles. The number of aromatic amines is 1. The van der Waals surface area contributed by atoms with E-state index in [0.717, 1.165) is 29.3 Å². The molecular formula is C14H14ClNO2. The van der Waals surface area contributed by atoms with E-state index >= 15 is 0 Å². The van der Waals surface area contributed by atoms with Gasteiger partial charge in [0.05, 0.1) is 17.0 Å². The Bertz CT molecular complexity index is 601. The first-order valence-electron chi connectivity index (χ1n) is 6.14. The van der Waals surface area contributed by atoms with E-state index in [1.54, 1.807) is 0 Å². The van der Waals surface area contributed by atoms with E-state index in [1.165, 1.54) is 0 Å². The number of rotatable bonds is 4. The Morgan fingerprint density at radius 1 is 1.50 bits per heavy atom. The van der Waals surface area contributed by atoms with Crippen LogP contribution in [0.1, 0.15) is 30.7 Å². The van der Waals surface area contributed by atoms with Crippen LogP contribution in [0.2, 0.25) is 5.02 Å². The highest BCUT2D eigenvalue weighted by Gasteiger charge is 2.35. The molecule has 3 rings (SSSR count). The van der Waals surface area contributed by atoms with Crippen molar-refractivity contribution in [3.63, 3.8) is 0 Å². The van der Waals surface area contributed by atoms with Crippen molar-refractivity contribution in [1.29, 1.82) is 0 Å². The molecule has 0 spiro atoms. The van der Waals surface area contributed by atoms with Gasteiger partial charge in [-0.3, -0.25) is 4.79 Å². The maximum atomic E-state index is 11.0. The molecule has 0 aliphatic heterocycles. The van der Waals surface area contributed by atoms with E-state index in [0.29, 0.717) is 10.9 Å². The molecule has 0 radical (unpaired) electrons. The smallest absolute Gasteiger partial charge is 0.303 e. The molecule has 2 N–H and O–H groups in total. The minimum atomic E-state index is -0.733. The number of carboxylic acids is 1. The van der Waals surface area contributed by atoms with E-state index in [1.807, 2.05) is 24.4 Å². The van der Waals surface area contributed by atoms with Gasteiger partial charge in [-0.2, -0.15) is 0 Å². The molecule has 2 aromatic rings. The second-order valence-electron chi connectivity index (χ2n) is 4.95. The van der Waals surface area contributed by atoms with Crippen molar-refractivity contribution >= 4 is 28.5 Å². The fourth-order valence-electron chi connectivity index (χ4n) is 2.66. The van der Waals surface area contributed by atoms with Crippen molar-refractivity contribution in [2.24, 2.45) is 5.92 Å². The zero-order valence-electron chi connectivity index (χ0n) is 9.82. The summed E-state index contributed by atoms with van der Waals surface area (Å²) in [5, 5.41) is 10.8. The van der Waals surface area contributed by atoms with Crippen molar-refractivity contribution < 1.29 is 9.90 Å². The van der Waals surface area contributed by atoms with Gasteiger partial charge in [0, 0.05) is 11.6 Å². The van der Waals surface area contributed by atoms with E-state index in [-0.39, 0.29) is 12.3 Å². The third-order valence-corrected chi connectivity index (χ3v) is 4.00. The topological polar surface area (TPSA) is 53.1 Å². The van der Waals surface area contributed by atoms with Gasteiger partial charge in [0.15, 0.2) is 0 Å². The fraction of sp³-hybridized carbons (Fsp3) is 0.357. The predicted molar refractivity (Wildman–Crippen MR) is 71.0 cm³/mol. The second-order valence-corrected chi connectivity index (χ2v) is 5.36. The number of carbonyl (C=O) groups is 1. The average molecular weight is 264 g/mol. The van der Waals surface area contributed by atoms with Gasteiger partial charge in [0.1, 0.15) is 0 Å². The number of hydrogen-bond donors (Lipinski definition) is 2. The summed E-state index contributed by atoms with van der Waals surface area (Å²) in [5.74, 6) is -0.114. The van der Waals surface area contributed by atoms with Crippen molar-refractivity contribution in [2.75, 3.05) is 0 Å². The Morgan fingerprint density at radius 3 is 2.94 bits per heavy atom. The summed E-state index contributed by atoms with van der Waals surface area (Å²) in [6.07, 6.45) is 4.38. The van der Waals surface area contributed by atoms with E-state index in [9.17, 15) is 4.79 Å². The molecule has 1 unspecified atom stereocenters. The minimum Gasteiger partial charge on any atom is -0.481 e. The van der Waals surface area contributed by atoms with Crippen LogP contribution in [0, 0.1) is 5.92 Å². The number of para-hydroxylation sites is 1. The number of hydrogen-bond acceptors (Lipinski definition) is 1. The Kier molecular flexibility index (Phi) is 2.78. The number of aromatic nitrogens is 1. The van der Waals surface area contributed by atoms with Gasteiger partial charge in [-0.25, -0.2) is 0 Å². The molecule has 1 aromatic carbocycles. The van der Waals surface area contributed by atoms with Gasteiger partial charge in [-0.05, 0) is 36.3 Å². The zero-order chi connectivity index (χ0) is 12.7. The molecule has 1 aliphatic rings. The van der Waals surface area contributed by atoms with Crippen molar-refractivity contribution in [2.45, 2.75) is 25.2 Å². The average Bonchev–Trinajstić information content (AvgIpc) is 3.06. The third-order valence-electron chi connectivity index (χ3n) is 3.68. The molecule has 3 nitrogen and oxygen atoms in total. The summed E-state index contributed by atoms with van der Waals surface area (Å²) in [6.45, 7) is 0. The quantitative estimate of drug-likeness (QED) is 0.882. The molecule has 1 aliphatic carbocycles. The second kappa shape index (κ2) is 4.32. The lowest BCUT2D eigenvalue weighted by molar-refractivity contribution is -0.137. The summed E-state index contributed by atoms with van der Waals surface area (Å²) in [6, 6.07) is 5.75. The van der Waals surface area contributed by atoms with Gasteiger partial charge < -0.3 is 10.1 Å². The molecule has 94 valence electrons. The van der Waals surface area contributed by atoms with Crippen LogP contribution in [0.3, 0.4) is 0 Å². The molecule has 18 heavy (non-hydrogen) atoms. The summed E-state index contributed by atoms with van der Waals surface area (Å²) < 4.78 is 0. The van der Waals surface area contributed by atoms with Crippen LogP contribution in [0.5, 0.6) is 0 Å². The number of carboxylic acid groups (broad SMARTS) is 1. The summed E-state index contributed by atoms with van der Waals surface area (Å²) in [4.78, 5) is 14.2. The molecule has 1 heterocycles. The number of benzene rings is 1. The predicted octanol–water partition coefficient (Wildman–Crippen LogP) is 3.79. The van der Waals surface area contributed by atoms with Crippen molar-refractivity contribution in [3.05, 3.63) is 35.0 Å². The molecule has 1 fully saturated rings. The molecule has 4 heteroatoms. The van der Waals surface area contributed by atoms with Crippen LogP contribution >= 0.6 is 11.6 Å². The highest BCUT2D eigenvalue weighted by atomic mass is 35.5. The Morgan fingerprint density at radius 2 is 2.28 bits per heavy atom. The van der Waals surface area contributed by atoms with Gasteiger partial charge >= 0.3 is 5.97 Å².